The minimum Gasteiger partial charge on any atom is -0.394 e. The highest BCUT2D eigenvalue weighted by Crippen LogP contribution is 2.14. The van der Waals surface area contributed by atoms with Crippen molar-refractivity contribution in [1.82, 2.24) is 10.2 Å². The molecule has 0 aliphatic carbocycles. The maximum atomic E-state index is 9.28. The summed E-state index contributed by atoms with van der Waals surface area (Å²) >= 11 is 0. The van der Waals surface area contributed by atoms with Crippen LogP contribution in [0, 0.1) is 5.92 Å². The molecule has 0 aliphatic heterocycles. The molecule has 0 saturated carbocycles. The minimum atomic E-state index is -0.109. The minimum absolute atomic E-state index is 0.109. The van der Waals surface area contributed by atoms with E-state index in [9.17, 15) is 5.11 Å². The third kappa shape index (κ3) is 6.39. The summed E-state index contributed by atoms with van der Waals surface area (Å²) < 4.78 is 0. The van der Waals surface area contributed by atoms with Gasteiger partial charge in [0.25, 0.3) is 0 Å². The van der Waals surface area contributed by atoms with Gasteiger partial charge in [0.1, 0.15) is 0 Å². The van der Waals surface area contributed by atoms with Crippen LogP contribution in [0.25, 0.3) is 0 Å². The molecule has 0 saturated heterocycles. The van der Waals surface area contributed by atoms with Crippen LogP contribution < -0.4 is 5.32 Å². The Hall–Kier alpha value is -0.120. The molecule has 2 atom stereocenters. The number of nitrogens with one attached hydrogen (secondary N) is 1. The van der Waals surface area contributed by atoms with Gasteiger partial charge in [0.15, 0.2) is 0 Å². The van der Waals surface area contributed by atoms with Gasteiger partial charge in [-0.05, 0) is 53.2 Å². The van der Waals surface area contributed by atoms with Gasteiger partial charge in [-0.1, -0.05) is 20.3 Å². The molecule has 0 aromatic heterocycles. The SMILES string of the molecule is CNC(C)(CO)CCCCN(C)C(C)C(C)C. The molecular formula is C14H32N2O. The highest BCUT2D eigenvalue weighted by molar-refractivity contribution is 4.80. The van der Waals surface area contributed by atoms with Gasteiger partial charge in [0.05, 0.1) is 6.61 Å². The first-order valence-corrected chi connectivity index (χ1v) is 6.86. The molecule has 0 heterocycles. The average Bonchev–Trinajstić information content (AvgIpc) is 2.32. The topological polar surface area (TPSA) is 35.5 Å². The van der Waals surface area contributed by atoms with Crippen LogP contribution in [0.5, 0.6) is 0 Å². The molecule has 2 unspecified atom stereocenters. The van der Waals surface area contributed by atoms with Crippen molar-refractivity contribution in [3.63, 3.8) is 0 Å². The number of rotatable bonds is 9. The van der Waals surface area contributed by atoms with Crippen molar-refractivity contribution in [3.8, 4) is 0 Å². The lowest BCUT2D eigenvalue weighted by molar-refractivity contribution is 0.164. The fourth-order valence-corrected chi connectivity index (χ4v) is 1.87. The molecule has 0 spiro atoms. The van der Waals surface area contributed by atoms with Gasteiger partial charge in [-0.25, -0.2) is 0 Å². The van der Waals surface area contributed by atoms with Crippen molar-refractivity contribution < 1.29 is 5.11 Å². The van der Waals surface area contributed by atoms with Crippen molar-refractivity contribution in [2.75, 3.05) is 27.2 Å². The third-order valence-electron chi connectivity index (χ3n) is 4.10. The lowest BCUT2D eigenvalue weighted by Crippen LogP contribution is -2.43. The maximum Gasteiger partial charge on any atom is 0.0610 e. The first-order valence-electron chi connectivity index (χ1n) is 6.86. The Kier molecular flexibility index (Phi) is 8.01. The normalized spacial score (nSPS) is 17.5. The smallest absolute Gasteiger partial charge is 0.0610 e. The molecule has 0 aromatic rings. The van der Waals surface area contributed by atoms with Gasteiger partial charge in [-0.15, -0.1) is 0 Å². The van der Waals surface area contributed by atoms with Gasteiger partial charge >= 0.3 is 0 Å². The molecule has 0 aromatic carbocycles. The maximum absolute atomic E-state index is 9.28. The average molecular weight is 244 g/mol. The molecule has 0 radical (unpaired) electrons. The third-order valence-corrected chi connectivity index (χ3v) is 4.10. The van der Waals surface area contributed by atoms with E-state index in [1.165, 1.54) is 6.42 Å². The molecule has 0 aliphatic rings. The number of likely N-dealkylation sites (N-methyl/N-ethyl adjacent to an activating group) is 1. The van der Waals surface area contributed by atoms with E-state index < -0.39 is 0 Å². The number of aliphatic hydroxyl groups excluding tert-OH is 1. The molecule has 3 nitrogen and oxygen atoms in total. The first-order chi connectivity index (χ1) is 7.86. The largest absolute Gasteiger partial charge is 0.394 e. The Labute approximate surface area is 108 Å². The van der Waals surface area contributed by atoms with Crippen molar-refractivity contribution in [1.29, 1.82) is 0 Å². The molecular weight excluding hydrogens is 212 g/mol. The van der Waals surface area contributed by atoms with Gasteiger partial charge < -0.3 is 15.3 Å². The molecule has 104 valence electrons. The second kappa shape index (κ2) is 8.06. The van der Waals surface area contributed by atoms with Crippen LogP contribution >= 0.6 is 0 Å². The summed E-state index contributed by atoms with van der Waals surface area (Å²) in [6, 6.07) is 0.642. The van der Waals surface area contributed by atoms with Gasteiger partial charge in [-0.3, -0.25) is 0 Å². The summed E-state index contributed by atoms with van der Waals surface area (Å²) in [5, 5.41) is 12.5. The Morgan fingerprint density at radius 2 is 1.82 bits per heavy atom. The highest BCUT2D eigenvalue weighted by Gasteiger charge is 2.20. The second-order valence-corrected chi connectivity index (χ2v) is 5.89. The fourth-order valence-electron chi connectivity index (χ4n) is 1.87. The Morgan fingerprint density at radius 1 is 1.24 bits per heavy atom. The van der Waals surface area contributed by atoms with Gasteiger partial charge in [0, 0.05) is 11.6 Å². The zero-order valence-electron chi connectivity index (χ0n) is 12.6. The zero-order chi connectivity index (χ0) is 13.5. The van der Waals surface area contributed by atoms with Gasteiger partial charge in [0.2, 0.25) is 0 Å². The van der Waals surface area contributed by atoms with Crippen LogP contribution in [0.3, 0.4) is 0 Å². The Balaban J connectivity index is 3.78. The van der Waals surface area contributed by atoms with Crippen LogP contribution in [-0.4, -0.2) is 48.8 Å². The summed E-state index contributed by atoms with van der Waals surface area (Å²) in [7, 11) is 4.12. The van der Waals surface area contributed by atoms with Crippen LogP contribution in [0.2, 0.25) is 0 Å². The Bertz CT molecular complexity index is 191. The summed E-state index contributed by atoms with van der Waals surface area (Å²) in [5.41, 5.74) is -0.109. The van der Waals surface area contributed by atoms with Crippen LogP contribution in [0.4, 0.5) is 0 Å². The van der Waals surface area contributed by atoms with E-state index in [4.69, 9.17) is 0 Å². The van der Waals surface area contributed by atoms with Crippen molar-refractivity contribution in [2.45, 2.75) is 58.5 Å². The van der Waals surface area contributed by atoms with Crippen LogP contribution in [0.1, 0.15) is 47.0 Å². The summed E-state index contributed by atoms with van der Waals surface area (Å²) in [5.74, 6) is 0.708. The standard InChI is InChI=1S/C14H32N2O/c1-12(2)13(3)16(6)10-8-7-9-14(4,11-17)15-5/h12-13,15,17H,7-11H2,1-6H3. The van der Waals surface area contributed by atoms with E-state index in [2.05, 4.69) is 45.0 Å². The van der Waals surface area contributed by atoms with Crippen molar-refractivity contribution >= 4 is 0 Å². The number of unbranched alkanes of at least 4 members (excludes halogenated alkanes) is 1. The van der Waals surface area contributed by atoms with Gasteiger partial charge in [-0.2, -0.15) is 0 Å². The van der Waals surface area contributed by atoms with E-state index in [0.717, 1.165) is 19.4 Å². The van der Waals surface area contributed by atoms with Crippen LogP contribution in [-0.2, 0) is 0 Å². The van der Waals surface area contributed by atoms with Crippen molar-refractivity contribution in [2.24, 2.45) is 5.92 Å². The van der Waals surface area contributed by atoms with Crippen molar-refractivity contribution in [3.05, 3.63) is 0 Å². The predicted octanol–water partition coefficient (Wildman–Crippen LogP) is 2.10. The summed E-state index contributed by atoms with van der Waals surface area (Å²) in [6.45, 7) is 10.3. The highest BCUT2D eigenvalue weighted by atomic mass is 16.3. The second-order valence-electron chi connectivity index (χ2n) is 5.89. The molecule has 0 fully saturated rings. The molecule has 17 heavy (non-hydrogen) atoms. The molecule has 2 N–H and O–H groups in total. The number of nitrogens with zero attached hydrogens (tertiary/aromatic N) is 1. The molecule has 0 amide bonds. The summed E-state index contributed by atoms with van der Waals surface area (Å²) in [6.07, 6.45) is 3.39. The van der Waals surface area contributed by atoms with E-state index in [-0.39, 0.29) is 12.1 Å². The fraction of sp³-hybridized carbons (Fsp3) is 1.00. The predicted molar refractivity (Wildman–Crippen MR) is 75.3 cm³/mol. The first kappa shape index (κ1) is 16.9. The Morgan fingerprint density at radius 3 is 2.24 bits per heavy atom. The zero-order valence-corrected chi connectivity index (χ0v) is 12.6. The molecule has 0 rings (SSSR count). The number of hydrogen-bond donors (Lipinski definition) is 2. The summed E-state index contributed by atoms with van der Waals surface area (Å²) in [4.78, 5) is 2.43. The lowest BCUT2D eigenvalue weighted by Gasteiger charge is -2.29. The van der Waals surface area contributed by atoms with E-state index in [1.807, 2.05) is 7.05 Å². The number of hydrogen-bond acceptors (Lipinski definition) is 3. The van der Waals surface area contributed by atoms with Crippen LogP contribution in [0.15, 0.2) is 0 Å². The quantitative estimate of drug-likeness (QED) is 0.610. The number of aliphatic hydroxyl groups is 1. The van der Waals surface area contributed by atoms with E-state index in [0.29, 0.717) is 12.0 Å². The van der Waals surface area contributed by atoms with E-state index >= 15 is 0 Å². The molecule has 0 bridgehead atoms. The lowest BCUT2D eigenvalue weighted by atomic mass is 9.96. The monoisotopic (exact) mass is 244 g/mol. The van der Waals surface area contributed by atoms with E-state index in [1.54, 1.807) is 0 Å². The molecule has 3 heteroatoms.